The Morgan fingerprint density at radius 2 is 1.91 bits per heavy atom. The van der Waals surface area contributed by atoms with Gasteiger partial charge in [-0.25, -0.2) is 0 Å². The molecule has 2 aromatic heterocycles. The first-order valence-corrected chi connectivity index (χ1v) is 9.42. The summed E-state index contributed by atoms with van der Waals surface area (Å²) in [6, 6.07) is 12.4. The van der Waals surface area contributed by atoms with E-state index in [9.17, 15) is 22.8 Å². The fraction of sp³-hybridized carbons (Fsp3) is 0.136. The Morgan fingerprint density at radius 1 is 1.19 bits per heavy atom. The molecule has 0 atom stereocenters. The lowest BCUT2D eigenvalue weighted by molar-refractivity contribution is -0.140. The van der Waals surface area contributed by atoms with Crippen LogP contribution in [0.3, 0.4) is 0 Å². The number of hydrogen-bond donors (Lipinski definition) is 2. The smallest absolute Gasteiger partial charge is 0.431 e. The van der Waals surface area contributed by atoms with Crippen molar-refractivity contribution in [3.8, 4) is 16.9 Å². The first kappa shape index (κ1) is 21.2. The van der Waals surface area contributed by atoms with Crippen LogP contribution in [-0.4, -0.2) is 20.7 Å². The minimum absolute atomic E-state index is 0.137. The first-order chi connectivity index (χ1) is 15.1. The minimum atomic E-state index is -4.83. The summed E-state index contributed by atoms with van der Waals surface area (Å²) in [6.07, 6.45) is -3.09. The molecule has 2 aromatic carbocycles. The van der Waals surface area contributed by atoms with Crippen LogP contribution in [0.4, 0.5) is 13.2 Å². The van der Waals surface area contributed by atoms with E-state index in [0.717, 1.165) is 22.5 Å². The standard InChI is InChI=1S/C22H17F3N4O3/c1-29-18-4-2-3-13(17(18)10-27-29)11-32-14-7-5-12(6-8-14)15-9-16(20(26)30)21(31)28-19(15)22(23,24)25/h2-10H,11H2,1H3,(H2,26,30)(H,28,31). The van der Waals surface area contributed by atoms with Crippen molar-refractivity contribution in [3.63, 3.8) is 0 Å². The number of fused-ring (bicyclic) bond motifs is 1. The molecule has 32 heavy (non-hydrogen) atoms. The summed E-state index contributed by atoms with van der Waals surface area (Å²) in [5, 5.41) is 5.16. The van der Waals surface area contributed by atoms with Crippen LogP contribution in [0.5, 0.6) is 5.75 Å². The van der Waals surface area contributed by atoms with Crippen LogP contribution in [-0.2, 0) is 19.8 Å². The molecule has 0 fully saturated rings. The van der Waals surface area contributed by atoms with Crippen molar-refractivity contribution < 1.29 is 22.7 Å². The number of carbonyl (C=O) groups excluding carboxylic acids is 1. The Morgan fingerprint density at radius 3 is 2.56 bits per heavy atom. The van der Waals surface area contributed by atoms with Crippen molar-refractivity contribution >= 4 is 16.8 Å². The van der Waals surface area contributed by atoms with E-state index in [1.165, 1.54) is 24.3 Å². The summed E-state index contributed by atoms with van der Waals surface area (Å²) in [4.78, 5) is 25.0. The van der Waals surface area contributed by atoms with Gasteiger partial charge in [0.1, 0.15) is 23.6 Å². The summed E-state index contributed by atoms with van der Waals surface area (Å²) < 4.78 is 47.9. The highest BCUT2D eigenvalue weighted by Gasteiger charge is 2.36. The number of aromatic amines is 1. The minimum Gasteiger partial charge on any atom is -0.489 e. The summed E-state index contributed by atoms with van der Waals surface area (Å²) in [6.45, 7) is 0.237. The molecule has 0 aliphatic carbocycles. The highest BCUT2D eigenvalue weighted by molar-refractivity contribution is 5.94. The van der Waals surface area contributed by atoms with Gasteiger partial charge in [0.15, 0.2) is 0 Å². The van der Waals surface area contributed by atoms with Gasteiger partial charge < -0.3 is 15.5 Å². The molecule has 4 rings (SSSR count). The molecule has 0 saturated heterocycles. The van der Waals surface area contributed by atoms with E-state index in [0.29, 0.717) is 5.75 Å². The molecule has 0 aliphatic heterocycles. The predicted molar refractivity (Wildman–Crippen MR) is 111 cm³/mol. The van der Waals surface area contributed by atoms with E-state index >= 15 is 0 Å². The van der Waals surface area contributed by atoms with E-state index in [4.69, 9.17) is 10.5 Å². The molecule has 1 amide bonds. The lowest BCUT2D eigenvalue weighted by Gasteiger charge is -2.14. The van der Waals surface area contributed by atoms with E-state index in [-0.39, 0.29) is 17.7 Å². The summed E-state index contributed by atoms with van der Waals surface area (Å²) in [7, 11) is 1.83. The van der Waals surface area contributed by atoms with Crippen LogP contribution in [0, 0.1) is 0 Å². The summed E-state index contributed by atoms with van der Waals surface area (Å²) >= 11 is 0. The maximum Gasteiger partial charge on any atom is 0.431 e. The fourth-order valence-electron chi connectivity index (χ4n) is 3.42. The van der Waals surface area contributed by atoms with E-state index in [2.05, 4.69) is 5.10 Å². The quantitative estimate of drug-likeness (QED) is 0.493. The van der Waals surface area contributed by atoms with Crippen LogP contribution in [0.25, 0.3) is 22.0 Å². The van der Waals surface area contributed by atoms with Gasteiger partial charge in [0.25, 0.3) is 11.5 Å². The Bertz CT molecular complexity index is 1370. The molecule has 0 aliphatic rings. The van der Waals surface area contributed by atoms with Crippen molar-refractivity contribution in [2.24, 2.45) is 12.8 Å². The predicted octanol–water partition coefficient (Wildman–Crippen LogP) is 3.63. The molecule has 0 unspecified atom stereocenters. The highest BCUT2D eigenvalue weighted by atomic mass is 19.4. The Hall–Kier alpha value is -4.08. The number of nitrogens with zero attached hydrogens (tertiary/aromatic N) is 2. The van der Waals surface area contributed by atoms with Gasteiger partial charge in [-0.15, -0.1) is 0 Å². The van der Waals surface area contributed by atoms with Crippen LogP contribution in [0.15, 0.2) is 59.5 Å². The number of primary amides is 1. The van der Waals surface area contributed by atoms with Crippen LogP contribution in [0.1, 0.15) is 21.6 Å². The Balaban J connectivity index is 1.63. The number of nitrogens with two attached hydrogens (primary N) is 1. The largest absolute Gasteiger partial charge is 0.489 e. The van der Waals surface area contributed by atoms with Gasteiger partial charge in [0, 0.05) is 23.6 Å². The number of alkyl halides is 3. The number of ether oxygens (including phenoxy) is 1. The van der Waals surface area contributed by atoms with Gasteiger partial charge in [-0.05, 0) is 29.8 Å². The third-order valence-corrected chi connectivity index (χ3v) is 5.03. The summed E-state index contributed by atoms with van der Waals surface area (Å²) in [5.74, 6) is -0.687. The number of aryl methyl sites for hydroxylation is 1. The van der Waals surface area contributed by atoms with Crippen molar-refractivity contribution in [1.82, 2.24) is 14.8 Å². The second kappa shape index (κ2) is 7.88. The molecule has 2 heterocycles. The number of amides is 1. The molecular formula is C22H17F3N4O3. The number of hydrogen-bond acceptors (Lipinski definition) is 4. The van der Waals surface area contributed by atoms with Gasteiger partial charge in [0.2, 0.25) is 0 Å². The van der Waals surface area contributed by atoms with Gasteiger partial charge in [-0.1, -0.05) is 24.3 Å². The van der Waals surface area contributed by atoms with E-state index in [1.807, 2.05) is 25.2 Å². The van der Waals surface area contributed by atoms with E-state index in [1.54, 1.807) is 15.9 Å². The maximum absolute atomic E-state index is 13.4. The lowest BCUT2D eigenvalue weighted by atomic mass is 10.0. The molecule has 10 heteroatoms. The maximum atomic E-state index is 13.4. The van der Waals surface area contributed by atoms with Crippen molar-refractivity contribution in [1.29, 1.82) is 0 Å². The molecule has 164 valence electrons. The third kappa shape index (κ3) is 3.94. The monoisotopic (exact) mass is 442 g/mol. The molecule has 7 nitrogen and oxygen atoms in total. The zero-order valence-electron chi connectivity index (χ0n) is 16.7. The van der Waals surface area contributed by atoms with Crippen LogP contribution < -0.4 is 16.0 Å². The zero-order valence-corrected chi connectivity index (χ0v) is 16.7. The molecular weight excluding hydrogens is 425 g/mol. The Labute approximate surface area is 179 Å². The fourth-order valence-corrected chi connectivity index (χ4v) is 3.42. The number of H-pyrrole nitrogens is 1. The van der Waals surface area contributed by atoms with Gasteiger partial charge >= 0.3 is 6.18 Å². The van der Waals surface area contributed by atoms with Gasteiger partial charge in [0.05, 0.1) is 11.7 Å². The molecule has 0 spiro atoms. The average molecular weight is 442 g/mol. The molecule has 0 bridgehead atoms. The molecule has 0 radical (unpaired) electrons. The van der Waals surface area contributed by atoms with Crippen molar-refractivity contribution in [2.45, 2.75) is 12.8 Å². The lowest BCUT2D eigenvalue weighted by Crippen LogP contribution is -2.27. The second-order valence-electron chi connectivity index (χ2n) is 7.09. The number of halogens is 3. The second-order valence-corrected chi connectivity index (χ2v) is 7.09. The number of aromatic nitrogens is 3. The number of rotatable bonds is 5. The zero-order chi connectivity index (χ0) is 23.0. The van der Waals surface area contributed by atoms with Gasteiger partial charge in [-0.2, -0.15) is 18.3 Å². The number of carbonyl (C=O) groups is 1. The van der Waals surface area contributed by atoms with Crippen LogP contribution >= 0.6 is 0 Å². The Kier molecular flexibility index (Phi) is 5.21. The molecule has 3 N–H and O–H groups in total. The number of nitrogens with one attached hydrogen (secondary N) is 1. The first-order valence-electron chi connectivity index (χ1n) is 9.42. The van der Waals surface area contributed by atoms with E-state index < -0.39 is 28.9 Å². The van der Waals surface area contributed by atoms with Crippen molar-refractivity contribution in [3.05, 3.63) is 81.9 Å². The van der Waals surface area contributed by atoms with Gasteiger partial charge in [-0.3, -0.25) is 14.3 Å². The number of pyridine rings is 1. The highest BCUT2D eigenvalue weighted by Crippen LogP contribution is 2.36. The normalized spacial score (nSPS) is 11.6. The number of benzene rings is 2. The SMILES string of the molecule is Cn1ncc2c(COc3ccc(-c4cc(C(N)=O)c(=O)[nH]c4C(F)(F)F)cc3)cccc21. The third-order valence-electron chi connectivity index (χ3n) is 5.03. The topological polar surface area (TPSA) is 103 Å². The molecule has 0 saturated carbocycles. The average Bonchev–Trinajstić information content (AvgIpc) is 3.13. The van der Waals surface area contributed by atoms with Crippen LogP contribution in [0.2, 0.25) is 0 Å². The van der Waals surface area contributed by atoms with Crippen molar-refractivity contribution in [2.75, 3.05) is 0 Å². The molecule has 4 aromatic rings. The summed E-state index contributed by atoms with van der Waals surface area (Å²) in [5.41, 5.74) is 3.73.